The van der Waals surface area contributed by atoms with Crippen LogP contribution in [0.25, 0.3) is 5.69 Å². The fourth-order valence-electron chi connectivity index (χ4n) is 5.12. The van der Waals surface area contributed by atoms with Gasteiger partial charge in [0, 0.05) is 30.2 Å². The van der Waals surface area contributed by atoms with Crippen molar-refractivity contribution >= 4 is 23.0 Å². The van der Waals surface area contributed by atoms with Crippen molar-refractivity contribution in [3.8, 4) is 11.4 Å². The molecular formula is C28H27N5O3S. The van der Waals surface area contributed by atoms with E-state index in [2.05, 4.69) is 44.9 Å². The first-order valence-corrected chi connectivity index (χ1v) is 12.3. The normalized spacial score (nSPS) is 17.1. The minimum Gasteiger partial charge on any atom is -0.494 e. The number of nitro benzene ring substituents is 1. The van der Waals surface area contributed by atoms with E-state index in [1.54, 1.807) is 12.3 Å². The van der Waals surface area contributed by atoms with Crippen molar-refractivity contribution in [2.75, 3.05) is 7.11 Å². The quantitative estimate of drug-likeness (QED) is 0.196. The lowest BCUT2D eigenvalue weighted by atomic mass is 9.96. The van der Waals surface area contributed by atoms with E-state index in [9.17, 15) is 10.1 Å². The molecule has 0 aliphatic carbocycles. The highest BCUT2D eigenvalue weighted by Gasteiger charge is 2.41. The van der Waals surface area contributed by atoms with Crippen molar-refractivity contribution < 1.29 is 9.66 Å². The van der Waals surface area contributed by atoms with Crippen LogP contribution in [-0.4, -0.2) is 31.6 Å². The van der Waals surface area contributed by atoms with Gasteiger partial charge in [0.05, 0.1) is 41.6 Å². The average Bonchev–Trinajstić information content (AvgIpc) is 3.39. The Balaban J connectivity index is 1.63. The second-order valence-corrected chi connectivity index (χ2v) is 9.40. The molecule has 1 saturated heterocycles. The zero-order valence-electron chi connectivity index (χ0n) is 20.8. The van der Waals surface area contributed by atoms with Crippen molar-refractivity contribution in [1.29, 1.82) is 0 Å². The van der Waals surface area contributed by atoms with Gasteiger partial charge in [-0.1, -0.05) is 36.4 Å². The molecule has 1 aliphatic rings. The maximum atomic E-state index is 11.3. The fourth-order valence-corrected chi connectivity index (χ4v) is 5.42. The molecule has 0 unspecified atom stereocenters. The molecule has 1 N–H and O–H groups in total. The van der Waals surface area contributed by atoms with Gasteiger partial charge in [0.2, 0.25) is 0 Å². The molecule has 5 rings (SSSR count). The fraction of sp³-hybridized carbons (Fsp3) is 0.214. The summed E-state index contributed by atoms with van der Waals surface area (Å²) >= 11 is 5.84. The minimum absolute atomic E-state index is 0.0159. The number of hydrogen-bond acceptors (Lipinski definition) is 5. The smallest absolute Gasteiger partial charge is 0.273 e. The van der Waals surface area contributed by atoms with E-state index in [4.69, 9.17) is 17.0 Å². The Kier molecular flexibility index (Phi) is 6.62. The van der Waals surface area contributed by atoms with Crippen LogP contribution in [0.2, 0.25) is 0 Å². The predicted molar refractivity (Wildman–Crippen MR) is 146 cm³/mol. The highest BCUT2D eigenvalue weighted by atomic mass is 32.1. The zero-order valence-corrected chi connectivity index (χ0v) is 21.6. The Morgan fingerprint density at radius 2 is 1.84 bits per heavy atom. The molecular weight excluding hydrogens is 486 g/mol. The Labute approximate surface area is 220 Å². The summed E-state index contributed by atoms with van der Waals surface area (Å²) in [5, 5.41) is 15.5. The molecule has 188 valence electrons. The van der Waals surface area contributed by atoms with E-state index in [1.807, 2.05) is 43.3 Å². The van der Waals surface area contributed by atoms with Gasteiger partial charge < -0.3 is 19.5 Å². The summed E-state index contributed by atoms with van der Waals surface area (Å²) in [6.45, 7) is 4.72. The SMILES string of the molecule is COc1cc([N+](=O)[O-])ccc1-n1c(C)cc([C@H]2[C@@H](c3ccccn3)NC(=S)N2Cc2ccccc2)c1C. The second kappa shape index (κ2) is 10.0. The number of aryl methyl sites for hydroxylation is 1. The number of rotatable bonds is 7. The maximum Gasteiger partial charge on any atom is 0.273 e. The lowest BCUT2D eigenvalue weighted by molar-refractivity contribution is -0.384. The van der Waals surface area contributed by atoms with E-state index in [1.165, 1.54) is 19.2 Å². The van der Waals surface area contributed by atoms with E-state index in [0.29, 0.717) is 17.4 Å². The van der Waals surface area contributed by atoms with Gasteiger partial charge in [0.15, 0.2) is 5.11 Å². The van der Waals surface area contributed by atoms with Gasteiger partial charge in [-0.2, -0.15) is 0 Å². The van der Waals surface area contributed by atoms with Crippen LogP contribution < -0.4 is 10.1 Å². The molecule has 0 bridgehead atoms. The predicted octanol–water partition coefficient (Wildman–Crippen LogP) is 5.58. The number of methoxy groups -OCH3 is 1. The summed E-state index contributed by atoms with van der Waals surface area (Å²) < 4.78 is 7.64. The van der Waals surface area contributed by atoms with Crippen LogP contribution in [0.3, 0.4) is 0 Å². The number of aromatic nitrogens is 2. The van der Waals surface area contributed by atoms with E-state index >= 15 is 0 Å². The third-order valence-corrected chi connectivity index (χ3v) is 7.15. The van der Waals surface area contributed by atoms with Crippen molar-refractivity contribution in [3.05, 3.63) is 117 Å². The van der Waals surface area contributed by atoms with Gasteiger partial charge in [0.25, 0.3) is 5.69 Å². The topological polar surface area (TPSA) is 85.5 Å². The third-order valence-electron chi connectivity index (χ3n) is 6.80. The molecule has 0 radical (unpaired) electrons. The lowest BCUT2D eigenvalue weighted by Crippen LogP contribution is -2.29. The number of pyridine rings is 1. The maximum absolute atomic E-state index is 11.3. The number of non-ortho nitro benzene ring substituents is 1. The summed E-state index contributed by atoms with van der Waals surface area (Å²) in [4.78, 5) is 17.8. The number of nitro groups is 1. The molecule has 4 aromatic rings. The zero-order chi connectivity index (χ0) is 26.1. The van der Waals surface area contributed by atoms with Gasteiger partial charge in [0.1, 0.15) is 5.75 Å². The number of hydrogen-bond donors (Lipinski definition) is 1. The molecule has 2 aromatic heterocycles. The standard InChI is InChI=1S/C28H27N5O3S/c1-18-15-22(19(2)32(18)24-13-12-21(33(34)35)16-25(24)36-3)27-26(23-11-7-8-14-29-23)30-28(37)31(27)17-20-9-5-4-6-10-20/h4-16,26-27H,17H2,1-3H3,(H,30,37)/t26-,27+/m1/s1. The number of benzene rings is 2. The average molecular weight is 514 g/mol. The van der Waals surface area contributed by atoms with Crippen molar-refractivity contribution in [2.45, 2.75) is 32.5 Å². The van der Waals surface area contributed by atoms with Crippen LogP contribution in [0.5, 0.6) is 5.75 Å². The molecule has 8 nitrogen and oxygen atoms in total. The van der Waals surface area contributed by atoms with Crippen LogP contribution >= 0.6 is 12.2 Å². The first-order valence-electron chi connectivity index (χ1n) is 11.9. The van der Waals surface area contributed by atoms with Crippen LogP contribution in [0.4, 0.5) is 5.69 Å². The first kappa shape index (κ1) is 24.5. The molecule has 0 amide bonds. The largest absolute Gasteiger partial charge is 0.494 e. The number of ether oxygens (including phenoxy) is 1. The molecule has 1 aliphatic heterocycles. The third kappa shape index (κ3) is 4.53. The van der Waals surface area contributed by atoms with E-state index in [0.717, 1.165) is 33.9 Å². The van der Waals surface area contributed by atoms with Crippen LogP contribution in [0.1, 0.15) is 40.3 Å². The molecule has 0 saturated carbocycles. The minimum atomic E-state index is -0.419. The molecule has 0 spiro atoms. The van der Waals surface area contributed by atoms with Crippen molar-refractivity contribution in [1.82, 2.24) is 19.8 Å². The van der Waals surface area contributed by atoms with Gasteiger partial charge in [-0.05, 0) is 61.5 Å². The number of nitrogens with zero attached hydrogens (tertiary/aromatic N) is 4. The van der Waals surface area contributed by atoms with Crippen LogP contribution in [-0.2, 0) is 6.54 Å². The second-order valence-electron chi connectivity index (χ2n) is 9.02. The van der Waals surface area contributed by atoms with Crippen LogP contribution in [0.15, 0.2) is 79.0 Å². The Morgan fingerprint density at radius 3 is 2.51 bits per heavy atom. The first-order chi connectivity index (χ1) is 17.9. The van der Waals surface area contributed by atoms with Gasteiger partial charge >= 0.3 is 0 Å². The summed E-state index contributed by atoms with van der Waals surface area (Å²) in [5.74, 6) is 0.435. The summed E-state index contributed by atoms with van der Waals surface area (Å²) in [5.41, 5.74) is 5.87. The van der Waals surface area contributed by atoms with E-state index < -0.39 is 4.92 Å². The molecule has 2 aromatic carbocycles. The van der Waals surface area contributed by atoms with Gasteiger partial charge in [-0.3, -0.25) is 15.1 Å². The summed E-state index contributed by atoms with van der Waals surface area (Å²) in [6, 6.07) is 22.7. The Bertz CT molecular complexity index is 1460. The monoisotopic (exact) mass is 513 g/mol. The van der Waals surface area contributed by atoms with Crippen molar-refractivity contribution in [2.24, 2.45) is 0 Å². The highest BCUT2D eigenvalue weighted by molar-refractivity contribution is 7.80. The number of thiocarbonyl (C=S) groups is 1. The van der Waals surface area contributed by atoms with Crippen molar-refractivity contribution in [3.63, 3.8) is 0 Å². The lowest BCUT2D eigenvalue weighted by Gasteiger charge is -2.28. The Hall–Kier alpha value is -4.24. The molecule has 2 atom stereocenters. The Morgan fingerprint density at radius 1 is 1.08 bits per heavy atom. The highest BCUT2D eigenvalue weighted by Crippen LogP contribution is 2.43. The molecule has 3 heterocycles. The summed E-state index contributed by atoms with van der Waals surface area (Å²) in [6.07, 6.45) is 1.79. The van der Waals surface area contributed by atoms with Crippen LogP contribution in [0, 0.1) is 24.0 Å². The van der Waals surface area contributed by atoms with Gasteiger partial charge in [-0.15, -0.1) is 0 Å². The summed E-state index contributed by atoms with van der Waals surface area (Å²) in [7, 11) is 1.52. The molecule has 37 heavy (non-hydrogen) atoms. The molecule has 9 heteroatoms. The van der Waals surface area contributed by atoms with Gasteiger partial charge in [-0.25, -0.2) is 0 Å². The molecule has 1 fully saturated rings. The number of nitrogens with one attached hydrogen (secondary N) is 1. The van der Waals surface area contributed by atoms with E-state index in [-0.39, 0.29) is 17.8 Å².